The molecule has 1 aromatic rings. The largest absolute Gasteiger partial charge is 0.365 e. The molecule has 0 aliphatic heterocycles. The number of carbonyl (C=O) groups is 1. The summed E-state index contributed by atoms with van der Waals surface area (Å²) in [7, 11) is 0. The summed E-state index contributed by atoms with van der Waals surface area (Å²) in [4.78, 5) is 12.4. The monoisotopic (exact) mass is 177 g/mol. The van der Waals surface area contributed by atoms with Gasteiger partial charge >= 0.3 is 0 Å². The first-order valence-corrected chi connectivity index (χ1v) is 4.53. The molecule has 2 heteroatoms. The molecule has 0 amide bonds. The predicted octanol–water partition coefficient (Wildman–Crippen LogP) is 2.02. The average Bonchev–Trinajstić information content (AvgIpc) is 2.16. The van der Waals surface area contributed by atoms with Crippen LogP contribution < -0.4 is 4.90 Å². The molecule has 0 heterocycles. The zero-order valence-electron chi connectivity index (χ0n) is 8.16. The number of nitrogens with zero attached hydrogens (tertiary/aromatic N) is 1. The van der Waals surface area contributed by atoms with Gasteiger partial charge in [-0.2, -0.15) is 0 Å². The van der Waals surface area contributed by atoms with Gasteiger partial charge in [-0.1, -0.05) is 17.7 Å². The molecule has 13 heavy (non-hydrogen) atoms. The van der Waals surface area contributed by atoms with Gasteiger partial charge < -0.3 is 9.69 Å². The van der Waals surface area contributed by atoms with E-state index in [0.29, 0.717) is 6.54 Å². The van der Waals surface area contributed by atoms with Gasteiger partial charge in [0.25, 0.3) is 0 Å². The van der Waals surface area contributed by atoms with Gasteiger partial charge in [-0.25, -0.2) is 0 Å². The minimum absolute atomic E-state index is 0.472. The van der Waals surface area contributed by atoms with Gasteiger partial charge in [-0.3, -0.25) is 0 Å². The van der Waals surface area contributed by atoms with Gasteiger partial charge in [0.2, 0.25) is 0 Å². The van der Waals surface area contributed by atoms with E-state index in [4.69, 9.17) is 0 Å². The molecule has 0 bridgehead atoms. The summed E-state index contributed by atoms with van der Waals surface area (Å²) in [5.74, 6) is 0. The summed E-state index contributed by atoms with van der Waals surface area (Å²) in [6, 6.07) is 8.20. The molecular weight excluding hydrogens is 162 g/mol. The number of likely N-dealkylation sites (N-methyl/N-ethyl adjacent to an activating group) is 1. The minimum atomic E-state index is 0.472. The van der Waals surface area contributed by atoms with Crippen molar-refractivity contribution in [3.63, 3.8) is 0 Å². The van der Waals surface area contributed by atoms with E-state index in [-0.39, 0.29) is 0 Å². The van der Waals surface area contributed by atoms with Crippen molar-refractivity contribution in [2.75, 3.05) is 18.0 Å². The highest BCUT2D eigenvalue weighted by Crippen LogP contribution is 2.13. The standard InChI is InChI=1S/C11H15NO/c1-3-12(8-9-13)11-6-4-10(2)5-7-11/h4-7,9H,3,8H2,1-2H3. The number of rotatable bonds is 4. The average molecular weight is 177 g/mol. The quantitative estimate of drug-likeness (QED) is 0.656. The molecule has 1 aromatic carbocycles. The van der Waals surface area contributed by atoms with E-state index in [1.807, 2.05) is 24.0 Å². The first kappa shape index (κ1) is 9.78. The van der Waals surface area contributed by atoms with E-state index in [2.05, 4.69) is 19.1 Å². The highest BCUT2D eigenvalue weighted by Gasteiger charge is 2.01. The third kappa shape index (κ3) is 2.58. The molecule has 70 valence electrons. The van der Waals surface area contributed by atoms with Gasteiger partial charge in [0.05, 0.1) is 6.54 Å². The van der Waals surface area contributed by atoms with E-state index in [1.54, 1.807) is 0 Å². The van der Waals surface area contributed by atoms with Gasteiger partial charge in [-0.15, -0.1) is 0 Å². The number of benzene rings is 1. The highest BCUT2D eigenvalue weighted by molar-refractivity contribution is 5.61. The second-order valence-corrected chi connectivity index (χ2v) is 3.04. The molecule has 0 aliphatic rings. The van der Waals surface area contributed by atoms with E-state index in [9.17, 15) is 4.79 Å². The Kier molecular flexibility index (Phi) is 3.50. The fourth-order valence-electron chi connectivity index (χ4n) is 1.26. The van der Waals surface area contributed by atoms with Crippen molar-refractivity contribution >= 4 is 12.0 Å². The van der Waals surface area contributed by atoms with Crippen LogP contribution in [0.2, 0.25) is 0 Å². The second kappa shape index (κ2) is 4.65. The van der Waals surface area contributed by atoms with E-state index in [1.165, 1.54) is 5.56 Å². The fourth-order valence-corrected chi connectivity index (χ4v) is 1.26. The molecule has 0 aliphatic carbocycles. The Morgan fingerprint density at radius 2 is 1.92 bits per heavy atom. The summed E-state index contributed by atoms with van der Waals surface area (Å²) in [5.41, 5.74) is 2.35. The summed E-state index contributed by atoms with van der Waals surface area (Å²) in [6.07, 6.45) is 0.934. The zero-order valence-corrected chi connectivity index (χ0v) is 8.16. The molecule has 0 fully saturated rings. The summed E-state index contributed by atoms with van der Waals surface area (Å²) in [6.45, 7) is 5.44. The van der Waals surface area contributed by atoms with Crippen LogP contribution in [0.3, 0.4) is 0 Å². The van der Waals surface area contributed by atoms with Crippen LogP contribution in [0.15, 0.2) is 24.3 Å². The Hall–Kier alpha value is -1.31. The molecule has 0 N–H and O–H groups in total. The Balaban J connectivity index is 2.78. The summed E-state index contributed by atoms with van der Waals surface area (Å²) >= 11 is 0. The fraction of sp³-hybridized carbons (Fsp3) is 0.364. The Morgan fingerprint density at radius 1 is 1.31 bits per heavy atom. The summed E-state index contributed by atoms with van der Waals surface area (Å²) in [5, 5.41) is 0. The van der Waals surface area contributed by atoms with Gasteiger partial charge in [0, 0.05) is 12.2 Å². The van der Waals surface area contributed by atoms with E-state index >= 15 is 0 Å². The molecule has 0 aromatic heterocycles. The topological polar surface area (TPSA) is 20.3 Å². The van der Waals surface area contributed by atoms with Crippen molar-refractivity contribution in [2.24, 2.45) is 0 Å². The van der Waals surface area contributed by atoms with Crippen LogP contribution in [0.5, 0.6) is 0 Å². The van der Waals surface area contributed by atoms with Gasteiger partial charge in [-0.05, 0) is 26.0 Å². The zero-order chi connectivity index (χ0) is 9.68. The lowest BCUT2D eigenvalue weighted by Gasteiger charge is -2.19. The van der Waals surface area contributed by atoms with E-state index < -0.39 is 0 Å². The molecular formula is C11H15NO. The minimum Gasteiger partial charge on any atom is -0.365 e. The van der Waals surface area contributed by atoms with Crippen LogP contribution in [0, 0.1) is 6.92 Å². The maximum Gasteiger partial charge on any atom is 0.139 e. The Morgan fingerprint density at radius 3 is 2.38 bits per heavy atom. The molecule has 0 saturated heterocycles. The van der Waals surface area contributed by atoms with Crippen molar-refractivity contribution in [1.82, 2.24) is 0 Å². The van der Waals surface area contributed by atoms with Crippen LogP contribution in [0.4, 0.5) is 5.69 Å². The van der Waals surface area contributed by atoms with Crippen LogP contribution in [0.25, 0.3) is 0 Å². The first-order valence-electron chi connectivity index (χ1n) is 4.53. The van der Waals surface area contributed by atoms with Crippen LogP contribution in [0.1, 0.15) is 12.5 Å². The van der Waals surface area contributed by atoms with Crippen molar-refractivity contribution in [1.29, 1.82) is 0 Å². The molecule has 0 saturated carbocycles. The maximum atomic E-state index is 10.4. The third-order valence-corrected chi connectivity index (χ3v) is 2.08. The molecule has 0 radical (unpaired) electrons. The van der Waals surface area contributed by atoms with Gasteiger partial charge in [0.15, 0.2) is 0 Å². The van der Waals surface area contributed by atoms with Crippen molar-refractivity contribution in [3.05, 3.63) is 29.8 Å². The van der Waals surface area contributed by atoms with Crippen molar-refractivity contribution in [3.8, 4) is 0 Å². The van der Waals surface area contributed by atoms with Crippen molar-refractivity contribution < 1.29 is 4.79 Å². The molecule has 1 rings (SSSR count). The first-order chi connectivity index (χ1) is 6.27. The highest BCUT2D eigenvalue weighted by atomic mass is 16.1. The third-order valence-electron chi connectivity index (χ3n) is 2.08. The lowest BCUT2D eigenvalue weighted by molar-refractivity contribution is -0.106. The normalized spacial score (nSPS) is 9.69. The number of aryl methyl sites for hydroxylation is 1. The molecule has 0 spiro atoms. The lowest BCUT2D eigenvalue weighted by Crippen LogP contribution is -2.24. The number of anilines is 1. The summed E-state index contributed by atoms with van der Waals surface area (Å²) < 4.78 is 0. The smallest absolute Gasteiger partial charge is 0.139 e. The Labute approximate surface area is 79.2 Å². The second-order valence-electron chi connectivity index (χ2n) is 3.04. The number of aldehydes is 1. The Bertz CT molecular complexity index is 266. The molecule has 2 nitrogen and oxygen atoms in total. The number of carbonyl (C=O) groups excluding carboxylic acids is 1. The SMILES string of the molecule is CCN(CC=O)c1ccc(C)cc1. The molecule has 0 unspecified atom stereocenters. The number of hydrogen-bond donors (Lipinski definition) is 0. The van der Waals surface area contributed by atoms with E-state index in [0.717, 1.165) is 18.5 Å². The van der Waals surface area contributed by atoms with Crippen LogP contribution in [-0.2, 0) is 4.79 Å². The van der Waals surface area contributed by atoms with Crippen molar-refractivity contribution in [2.45, 2.75) is 13.8 Å². The number of hydrogen-bond acceptors (Lipinski definition) is 2. The lowest BCUT2D eigenvalue weighted by atomic mass is 10.2. The maximum absolute atomic E-state index is 10.4. The van der Waals surface area contributed by atoms with Crippen LogP contribution >= 0.6 is 0 Å². The predicted molar refractivity (Wildman–Crippen MR) is 55.1 cm³/mol. The molecule has 0 atom stereocenters. The van der Waals surface area contributed by atoms with Gasteiger partial charge in [0.1, 0.15) is 6.29 Å². The van der Waals surface area contributed by atoms with Crippen LogP contribution in [-0.4, -0.2) is 19.4 Å².